The molecular weight excluding hydrogens is 380 g/mol. The van der Waals surface area contributed by atoms with E-state index in [1.807, 2.05) is 37.3 Å². The van der Waals surface area contributed by atoms with E-state index in [1.165, 1.54) is 11.3 Å². The predicted molar refractivity (Wildman–Crippen MR) is 109 cm³/mol. The number of aryl methyl sites for hydroxylation is 1. The molecule has 6 nitrogen and oxygen atoms in total. The summed E-state index contributed by atoms with van der Waals surface area (Å²) in [7, 11) is -3.62. The highest BCUT2D eigenvalue weighted by molar-refractivity contribution is 7.94. The topological polar surface area (TPSA) is 84.0 Å². The van der Waals surface area contributed by atoms with E-state index in [4.69, 9.17) is 0 Å². The molecule has 0 amide bonds. The highest BCUT2D eigenvalue weighted by atomic mass is 32.2. The molecule has 0 saturated heterocycles. The largest absolute Gasteiger partial charge is 0.352 e. The summed E-state index contributed by atoms with van der Waals surface area (Å²) in [5.74, 6) is 0.266. The van der Waals surface area contributed by atoms with Gasteiger partial charge in [-0.25, -0.2) is 13.4 Å². The molecule has 3 heterocycles. The Morgan fingerprint density at radius 3 is 2.56 bits per heavy atom. The molecule has 2 N–H and O–H groups in total. The molecule has 0 aliphatic carbocycles. The minimum absolute atomic E-state index is 0.266. The summed E-state index contributed by atoms with van der Waals surface area (Å²) in [6.45, 7) is 1.87. The number of rotatable bonds is 5. The molecular formula is C19H16N4O2S2. The Hall–Kier alpha value is -2.97. The van der Waals surface area contributed by atoms with Gasteiger partial charge in [0.15, 0.2) is 0 Å². The monoisotopic (exact) mass is 396 g/mol. The Morgan fingerprint density at radius 2 is 1.81 bits per heavy atom. The number of anilines is 3. The summed E-state index contributed by atoms with van der Waals surface area (Å²) >= 11 is 1.22. The predicted octanol–water partition coefficient (Wildman–Crippen LogP) is 4.54. The molecule has 0 saturated carbocycles. The third-order valence-corrected chi connectivity index (χ3v) is 6.74. The second-order valence-corrected chi connectivity index (χ2v) is 9.11. The van der Waals surface area contributed by atoms with Gasteiger partial charge in [-0.2, -0.15) is 0 Å². The van der Waals surface area contributed by atoms with Gasteiger partial charge in [-0.05, 0) is 43.3 Å². The number of fused-ring (bicyclic) bond motifs is 1. The van der Waals surface area contributed by atoms with Gasteiger partial charge in [-0.3, -0.25) is 9.71 Å². The number of nitrogens with one attached hydrogen (secondary N) is 2. The summed E-state index contributed by atoms with van der Waals surface area (Å²) < 4.78 is 27.5. The van der Waals surface area contributed by atoms with Gasteiger partial charge in [0.05, 0.1) is 23.1 Å². The van der Waals surface area contributed by atoms with Crippen LogP contribution in [0.4, 0.5) is 17.2 Å². The molecule has 3 aromatic heterocycles. The molecule has 0 fully saturated rings. The molecule has 4 aromatic rings. The lowest BCUT2D eigenvalue weighted by atomic mass is 10.2. The van der Waals surface area contributed by atoms with Crippen LogP contribution in [-0.4, -0.2) is 18.4 Å². The van der Waals surface area contributed by atoms with E-state index in [1.54, 1.807) is 36.7 Å². The molecule has 0 aliphatic heterocycles. The van der Waals surface area contributed by atoms with Gasteiger partial charge >= 0.3 is 0 Å². The third kappa shape index (κ3) is 3.76. The van der Waals surface area contributed by atoms with Gasteiger partial charge in [0.25, 0.3) is 10.0 Å². The number of hydrogen-bond donors (Lipinski definition) is 2. The van der Waals surface area contributed by atoms with Gasteiger partial charge < -0.3 is 5.32 Å². The van der Waals surface area contributed by atoms with Crippen molar-refractivity contribution in [2.75, 3.05) is 10.0 Å². The number of nitrogens with zero attached hydrogens (tertiary/aromatic N) is 2. The summed E-state index contributed by atoms with van der Waals surface area (Å²) in [5, 5.41) is 4.31. The first-order valence-electron chi connectivity index (χ1n) is 8.17. The Kier molecular flexibility index (Phi) is 4.51. The maximum atomic E-state index is 12.4. The SMILES string of the molecule is Cc1ccc(S(=O)(=O)Nc2ccc(Nc3cccc4cccnc34)cn2)s1. The van der Waals surface area contributed by atoms with Gasteiger partial charge in [0, 0.05) is 16.5 Å². The van der Waals surface area contributed by atoms with Crippen LogP contribution in [0.2, 0.25) is 0 Å². The zero-order valence-electron chi connectivity index (χ0n) is 14.4. The molecule has 27 heavy (non-hydrogen) atoms. The van der Waals surface area contributed by atoms with Crippen molar-refractivity contribution >= 4 is 49.5 Å². The van der Waals surface area contributed by atoms with E-state index in [0.717, 1.165) is 27.2 Å². The summed E-state index contributed by atoms with van der Waals surface area (Å²) in [6.07, 6.45) is 3.33. The van der Waals surface area contributed by atoms with Crippen molar-refractivity contribution in [1.29, 1.82) is 0 Å². The normalized spacial score (nSPS) is 11.4. The first-order chi connectivity index (χ1) is 13.0. The second kappa shape index (κ2) is 6.98. The molecule has 0 bridgehead atoms. The molecule has 8 heteroatoms. The lowest BCUT2D eigenvalue weighted by Gasteiger charge is -2.10. The van der Waals surface area contributed by atoms with Crippen LogP contribution in [0.15, 0.2) is 71.2 Å². The van der Waals surface area contributed by atoms with Gasteiger partial charge in [-0.15, -0.1) is 11.3 Å². The van der Waals surface area contributed by atoms with Crippen molar-refractivity contribution in [3.05, 3.63) is 71.9 Å². The standard InChI is InChI=1S/C19H16N4O2S2/c1-13-7-10-18(26-13)27(24,25)23-17-9-8-15(12-21-17)22-16-6-2-4-14-5-3-11-20-19(14)16/h2-12,22H,1H3,(H,21,23). The molecule has 0 aliphatic rings. The fraction of sp³-hybridized carbons (Fsp3) is 0.0526. The van der Waals surface area contributed by atoms with E-state index in [0.29, 0.717) is 0 Å². The van der Waals surface area contributed by atoms with Crippen molar-refractivity contribution in [2.45, 2.75) is 11.1 Å². The van der Waals surface area contributed by atoms with E-state index in [9.17, 15) is 8.42 Å². The lowest BCUT2D eigenvalue weighted by molar-refractivity contribution is 0.603. The second-order valence-electron chi connectivity index (χ2n) is 5.91. The zero-order valence-corrected chi connectivity index (χ0v) is 16.0. The number of thiophene rings is 1. The van der Waals surface area contributed by atoms with Crippen LogP contribution in [0.3, 0.4) is 0 Å². The molecule has 136 valence electrons. The minimum atomic E-state index is -3.62. The molecule has 1 aromatic carbocycles. The van der Waals surface area contributed by atoms with Crippen molar-refractivity contribution in [1.82, 2.24) is 9.97 Å². The van der Waals surface area contributed by atoms with Crippen LogP contribution >= 0.6 is 11.3 Å². The average molecular weight is 396 g/mol. The Balaban J connectivity index is 1.54. The number of pyridine rings is 2. The smallest absolute Gasteiger partial charge is 0.272 e. The maximum absolute atomic E-state index is 12.4. The Morgan fingerprint density at radius 1 is 0.963 bits per heavy atom. The summed E-state index contributed by atoms with van der Waals surface area (Å²) in [5.41, 5.74) is 2.46. The molecule has 0 spiro atoms. The molecule has 0 atom stereocenters. The van der Waals surface area contributed by atoms with Crippen LogP contribution in [0, 0.1) is 6.92 Å². The summed E-state index contributed by atoms with van der Waals surface area (Å²) in [6, 6.07) is 16.5. The van der Waals surface area contributed by atoms with E-state index >= 15 is 0 Å². The number of hydrogen-bond acceptors (Lipinski definition) is 6. The Labute approximate surface area is 161 Å². The van der Waals surface area contributed by atoms with Crippen LogP contribution in [0.1, 0.15) is 4.88 Å². The summed E-state index contributed by atoms with van der Waals surface area (Å²) in [4.78, 5) is 9.55. The van der Waals surface area contributed by atoms with Gasteiger partial charge in [0.1, 0.15) is 10.0 Å². The highest BCUT2D eigenvalue weighted by Gasteiger charge is 2.16. The minimum Gasteiger partial charge on any atom is -0.352 e. The van der Waals surface area contributed by atoms with Gasteiger partial charge in [-0.1, -0.05) is 18.2 Å². The molecule has 0 radical (unpaired) electrons. The number of aromatic nitrogens is 2. The quantitative estimate of drug-likeness (QED) is 0.517. The highest BCUT2D eigenvalue weighted by Crippen LogP contribution is 2.26. The first kappa shape index (κ1) is 17.4. The van der Waals surface area contributed by atoms with E-state index in [2.05, 4.69) is 20.0 Å². The number of para-hydroxylation sites is 1. The van der Waals surface area contributed by atoms with Crippen molar-refractivity contribution in [3.8, 4) is 0 Å². The molecule has 4 rings (SSSR count). The van der Waals surface area contributed by atoms with Crippen LogP contribution < -0.4 is 10.0 Å². The van der Waals surface area contributed by atoms with Crippen LogP contribution in [-0.2, 0) is 10.0 Å². The maximum Gasteiger partial charge on any atom is 0.272 e. The first-order valence-corrected chi connectivity index (χ1v) is 10.5. The van der Waals surface area contributed by atoms with Gasteiger partial charge in [0.2, 0.25) is 0 Å². The van der Waals surface area contributed by atoms with Crippen molar-refractivity contribution < 1.29 is 8.42 Å². The van der Waals surface area contributed by atoms with E-state index < -0.39 is 10.0 Å². The average Bonchev–Trinajstić information content (AvgIpc) is 3.11. The van der Waals surface area contributed by atoms with Crippen LogP contribution in [0.25, 0.3) is 10.9 Å². The number of sulfonamides is 1. The number of benzene rings is 1. The lowest BCUT2D eigenvalue weighted by Crippen LogP contribution is -2.12. The fourth-order valence-corrected chi connectivity index (χ4v) is 4.92. The third-order valence-electron chi connectivity index (χ3n) is 3.89. The van der Waals surface area contributed by atoms with E-state index in [-0.39, 0.29) is 10.0 Å². The van der Waals surface area contributed by atoms with Crippen molar-refractivity contribution in [3.63, 3.8) is 0 Å². The zero-order chi connectivity index (χ0) is 18.9. The fourth-order valence-electron chi connectivity index (χ4n) is 2.63. The molecule has 0 unspecified atom stereocenters. The Bertz CT molecular complexity index is 1200. The van der Waals surface area contributed by atoms with Crippen molar-refractivity contribution in [2.24, 2.45) is 0 Å². The van der Waals surface area contributed by atoms with Crippen LogP contribution in [0.5, 0.6) is 0 Å².